The monoisotopic (exact) mass is 486 g/mol. The molecule has 2 saturated carbocycles. The molecule has 190 valence electrons. The molecule has 0 radical (unpaired) electrons. The van der Waals surface area contributed by atoms with Crippen molar-refractivity contribution in [2.24, 2.45) is 28.6 Å². The summed E-state index contributed by atoms with van der Waals surface area (Å²) >= 11 is 0. The molecule has 4 aliphatic carbocycles. The van der Waals surface area contributed by atoms with E-state index in [2.05, 4.69) is 13.0 Å². The zero-order chi connectivity index (χ0) is 25.8. The molecule has 2 fully saturated rings. The Hall–Kier alpha value is -2.77. The predicted octanol–water partition coefficient (Wildman–Crippen LogP) is 3.62. The van der Waals surface area contributed by atoms with Crippen LogP contribution in [0.15, 0.2) is 23.5 Å². The number of ketones is 2. The molecule has 0 amide bonds. The van der Waals surface area contributed by atoms with Crippen molar-refractivity contribution in [1.29, 1.82) is 0 Å². The fourth-order valence-corrected chi connectivity index (χ4v) is 7.60. The maximum atomic E-state index is 13.9. The zero-order valence-corrected chi connectivity index (χ0v) is 21.1. The van der Waals surface area contributed by atoms with Crippen molar-refractivity contribution in [3.8, 4) is 0 Å². The maximum Gasteiger partial charge on any atom is 0.307 e. The number of carbonyl (C=O) groups is 5. The van der Waals surface area contributed by atoms with Gasteiger partial charge < -0.3 is 14.2 Å². The fraction of sp³-hybridized carbons (Fsp3) is 0.667. The van der Waals surface area contributed by atoms with E-state index in [4.69, 9.17) is 14.2 Å². The molecule has 35 heavy (non-hydrogen) atoms. The normalized spacial score (nSPS) is 37.6. The summed E-state index contributed by atoms with van der Waals surface area (Å²) in [5.74, 6) is -1.57. The number of allylic oxidation sites excluding steroid dienone is 4. The lowest BCUT2D eigenvalue weighted by Gasteiger charge is -2.57. The third kappa shape index (κ3) is 3.95. The maximum absolute atomic E-state index is 13.9. The Bertz CT molecular complexity index is 1050. The van der Waals surface area contributed by atoms with Gasteiger partial charge in [0.05, 0.1) is 0 Å². The number of rotatable bonds is 5. The quantitative estimate of drug-likeness (QED) is 0.428. The molecule has 4 aliphatic rings. The van der Waals surface area contributed by atoms with Crippen LogP contribution in [0.5, 0.6) is 0 Å². The smallest absolute Gasteiger partial charge is 0.307 e. The molecule has 8 heteroatoms. The highest BCUT2D eigenvalue weighted by Crippen LogP contribution is 2.67. The summed E-state index contributed by atoms with van der Waals surface area (Å²) in [6.45, 7) is 7.36. The van der Waals surface area contributed by atoms with Gasteiger partial charge in [-0.3, -0.25) is 24.0 Å². The van der Waals surface area contributed by atoms with Crippen molar-refractivity contribution in [3.05, 3.63) is 23.5 Å². The summed E-state index contributed by atoms with van der Waals surface area (Å²) in [7, 11) is 0. The summed E-state index contributed by atoms with van der Waals surface area (Å²) in [6, 6.07) is 0. The molecule has 0 aliphatic heterocycles. The van der Waals surface area contributed by atoms with Gasteiger partial charge in [0.15, 0.2) is 12.2 Å². The van der Waals surface area contributed by atoms with E-state index in [1.54, 1.807) is 0 Å². The lowest BCUT2D eigenvalue weighted by molar-refractivity contribution is -0.191. The molecule has 0 spiro atoms. The number of Topliss-reactive ketones (excluding diaryl/α,β-unsaturated/α-hetero) is 2. The van der Waals surface area contributed by atoms with E-state index in [1.165, 1.54) is 20.8 Å². The van der Waals surface area contributed by atoms with Crippen molar-refractivity contribution in [1.82, 2.24) is 0 Å². The molecule has 0 aromatic carbocycles. The molecule has 0 N–H and O–H groups in total. The van der Waals surface area contributed by atoms with Crippen molar-refractivity contribution in [2.75, 3.05) is 6.61 Å². The third-order valence-corrected chi connectivity index (χ3v) is 8.99. The molecule has 8 nitrogen and oxygen atoms in total. The van der Waals surface area contributed by atoms with E-state index in [1.807, 2.05) is 13.0 Å². The molecule has 0 aromatic rings. The van der Waals surface area contributed by atoms with Crippen LogP contribution in [0.3, 0.4) is 0 Å². The molecular formula is C27H34O8. The van der Waals surface area contributed by atoms with Gasteiger partial charge in [0.25, 0.3) is 0 Å². The van der Waals surface area contributed by atoms with Crippen molar-refractivity contribution < 1.29 is 38.2 Å². The Balaban J connectivity index is 1.71. The summed E-state index contributed by atoms with van der Waals surface area (Å²) in [5, 5.41) is 0. The largest absolute Gasteiger partial charge is 0.458 e. The molecule has 4 rings (SSSR count). The van der Waals surface area contributed by atoms with E-state index >= 15 is 0 Å². The number of hydrogen-bond donors (Lipinski definition) is 0. The van der Waals surface area contributed by atoms with E-state index in [0.29, 0.717) is 37.9 Å². The molecule has 0 aromatic heterocycles. The van der Waals surface area contributed by atoms with E-state index < -0.39 is 35.3 Å². The van der Waals surface area contributed by atoms with Gasteiger partial charge in [0.2, 0.25) is 5.78 Å². The van der Waals surface area contributed by atoms with Crippen molar-refractivity contribution in [2.45, 2.75) is 78.7 Å². The van der Waals surface area contributed by atoms with Gasteiger partial charge in [0, 0.05) is 50.4 Å². The summed E-state index contributed by atoms with van der Waals surface area (Å²) in [5.41, 5.74) is -1.75. The van der Waals surface area contributed by atoms with Crippen LogP contribution < -0.4 is 0 Å². The fourth-order valence-electron chi connectivity index (χ4n) is 7.60. The van der Waals surface area contributed by atoms with Crippen molar-refractivity contribution >= 4 is 29.5 Å². The SMILES string of the molecule is CC(=O)OCC(=O)[C@@]1(OC(C)=O)CC[C@H]2C3CC=C4C=C(OC(C)=O)CC[C@]4(C)[C@H]3C(=O)C[C@@]21C. The first-order chi connectivity index (χ1) is 16.3. The van der Waals surface area contributed by atoms with Gasteiger partial charge in [-0.1, -0.05) is 19.9 Å². The highest BCUT2D eigenvalue weighted by molar-refractivity contribution is 5.95. The van der Waals surface area contributed by atoms with Crippen LogP contribution in [-0.4, -0.2) is 41.7 Å². The first-order valence-electron chi connectivity index (χ1n) is 12.3. The second-order valence-electron chi connectivity index (χ2n) is 11.0. The minimum Gasteiger partial charge on any atom is -0.458 e. The Kier molecular flexibility index (Phi) is 6.31. The topological polar surface area (TPSA) is 113 Å². The van der Waals surface area contributed by atoms with E-state index in [-0.39, 0.29) is 41.3 Å². The lowest BCUT2D eigenvalue weighted by Crippen LogP contribution is -2.62. The molecule has 6 atom stereocenters. The van der Waals surface area contributed by atoms with Crippen LogP contribution in [0.2, 0.25) is 0 Å². The number of ether oxygens (including phenoxy) is 3. The number of fused-ring (bicyclic) bond motifs is 5. The van der Waals surface area contributed by atoms with Gasteiger partial charge in [0.1, 0.15) is 11.5 Å². The van der Waals surface area contributed by atoms with Crippen LogP contribution in [0.25, 0.3) is 0 Å². The number of esters is 3. The molecule has 0 bridgehead atoms. The van der Waals surface area contributed by atoms with Crippen LogP contribution in [0, 0.1) is 28.6 Å². The van der Waals surface area contributed by atoms with Crippen LogP contribution in [0.4, 0.5) is 0 Å². The van der Waals surface area contributed by atoms with E-state index in [0.717, 1.165) is 5.57 Å². The summed E-state index contributed by atoms with van der Waals surface area (Å²) < 4.78 is 16.1. The second-order valence-corrected chi connectivity index (χ2v) is 11.0. The number of hydrogen-bond acceptors (Lipinski definition) is 8. The zero-order valence-electron chi connectivity index (χ0n) is 21.1. The standard InChI is InChI=1S/C27H34O8/c1-15(28)33-14-23(32)27(35-17(3)30)11-9-21-20-7-6-18-12-19(34-16(2)29)8-10-25(18,4)24(20)22(31)13-26(21,27)5/h6,12,20-21,24H,7-11,13-14H2,1-5H3/t20?,21-,24+,25-,26-,27-/m0/s1. The minimum atomic E-state index is -1.50. The van der Waals surface area contributed by atoms with Crippen LogP contribution in [0.1, 0.15) is 73.1 Å². The first-order valence-corrected chi connectivity index (χ1v) is 12.3. The van der Waals surface area contributed by atoms with Crippen LogP contribution in [-0.2, 0) is 38.2 Å². The van der Waals surface area contributed by atoms with Gasteiger partial charge >= 0.3 is 17.9 Å². The lowest BCUT2D eigenvalue weighted by atomic mass is 9.47. The Labute approximate surface area is 205 Å². The first kappa shape index (κ1) is 25.3. The number of carbonyl (C=O) groups excluding carboxylic acids is 5. The van der Waals surface area contributed by atoms with Gasteiger partial charge in [-0.15, -0.1) is 0 Å². The van der Waals surface area contributed by atoms with Crippen LogP contribution >= 0.6 is 0 Å². The summed E-state index contributed by atoms with van der Waals surface area (Å²) in [6.07, 6.45) is 7.00. The molecule has 0 saturated heterocycles. The minimum absolute atomic E-state index is 0.00219. The third-order valence-electron chi connectivity index (χ3n) is 8.99. The molecule has 0 heterocycles. The average Bonchev–Trinajstić information content (AvgIpc) is 3.03. The van der Waals surface area contributed by atoms with Gasteiger partial charge in [-0.05, 0) is 49.2 Å². The highest BCUT2D eigenvalue weighted by Gasteiger charge is 2.70. The predicted molar refractivity (Wildman–Crippen MR) is 123 cm³/mol. The average molecular weight is 487 g/mol. The molecule has 1 unspecified atom stereocenters. The second kappa shape index (κ2) is 8.71. The Morgan fingerprint density at radius 3 is 2.37 bits per heavy atom. The van der Waals surface area contributed by atoms with Crippen molar-refractivity contribution in [3.63, 3.8) is 0 Å². The Morgan fingerprint density at radius 1 is 1.03 bits per heavy atom. The van der Waals surface area contributed by atoms with E-state index in [9.17, 15) is 24.0 Å². The highest BCUT2D eigenvalue weighted by atomic mass is 16.6. The summed E-state index contributed by atoms with van der Waals surface area (Å²) in [4.78, 5) is 62.3. The molecular weight excluding hydrogens is 452 g/mol. The Morgan fingerprint density at radius 2 is 1.74 bits per heavy atom. The van der Waals surface area contributed by atoms with Gasteiger partial charge in [-0.25, -0.2) is 0 Å². The van der Waals surface area contributed by atoms with Gasteiger partial charge in [-0.2, -0.15) is 0 Å².